The number of rotatable bonds is 6. The topological polar surface area (TPSA) is 29.3 Å². The van der Waals surface area contributed by atoms with Gasteiger partial charge in [0.05, 0.1) is 0 Å². The summed E-state index contributed by atoms with van der Waals surface area (Å²) in [5.74, 6) is -0.159. The van der Waals surface area contributed by atoms with Gasteiger partial charge in [-0.1, -0.05) is 20.8 Å². The van der Waals surface area contributed by atoms with E-state index in [0.29, 0.717) is 5.41 Å². The molecule has 118 valence electrons. The van der Waals surface area contributed by atoms with Crippen molar-refractivity contribution in [1.82, 2.24) is 0 Å². The molecule has 1 atom stereocenters. The van der Waals surface area contributed by atoms with Gasteiger partial charge < -0.3 is 10.6 Å². The lowest BCUT2D eigenvalue weighted by Crippen LogP contribution is -2.28. The Morgan fingerprint density at radius 1 is 1.29 bits per heavy atom. The van der Waals surface area contributed by atoms with E-state index in [4.69, 9.17) is 5.73 Å². The third-order valence-corrected chi connectivity index (χ3v) is 5.33. The largest absolute Gasteiger partial charge is 0.371 e. The predicted molar refractivity (Wildman–Crippen MR) is 88.2 cm³/mol. The molecule has 0 saturated carbocycles. The zero-order valence-corrected chi connectivity index (χ0v) is 13.7. The van der Waals surface area contributed by atoms with E-state index >= 15 is 0 Å². The van der Waals surface area contributed by atoms with Gasteiger partial charge in [0.2, 0.25) is 0 Å². The second kappa shape index (κ2) is 6.78. The van der Waals surface area contributed by atoms with Crippen molar-refractivity contribution in [2.45, 2.75) is 58.9 Å². The fourth-order valence-electron chi connectivity index (χ4n) is 3.42. The highest BCUT2D eigenvalue weighted by Gasteiger charge is 2.35. The molecule has 3 heteroatoms. The number of halogens is 1. The van der Waals surface area contributed by atoms with Crippen LogP contribution in [-0.2, 0) is 6.42 Å². The van der Waals surface area contributed by atoms with Crippen molar-refractivity contribution in [3.05, 3.63) is 29.6 Å². The molecular weight excluding hydrogens is 263 g/mol. The fourth-order valence-corrected chi connectivity index (χ4v) is 3.42. The van der Waals surface area contributed by atoms with Crippen molar-refractivity contribution in [1.29, 1.82) is 0 Å². The summed E-state index contributed by atoms with van der Waals surface area (Å²) in [4.78, 5) is 2.43. The number of nitrogens with zero attached hydrogens (tertiary/aromatic N) is 1. The van der Waals surface area contributed by atoms with E-state index in [1.54, 1.807) is 12.1 Å². The highest BCUT2D eigenvalue weighted by molar-refractivity contribution is 5.55. The van der Waals surface area contributed by atoms with Gasteiger partial charge >= 0.3 is 0 Å². The van der Waals surface area contributed by atoms with Gasteiger partial charge in [0.1, 0.15) is 5.82 Å². The summed E-state index contributed by atoms with van der Waals surface area (Å²) in [6.45, 7) is 8.80. The first kappa shape index (κ1) is 16.3. The molecular formula is C18H29FN2. The van der Waals surface area contributed by atoms with Crippen LogP contribution in [0.15, 0.2) is 18.2 Å². The number of benzene rings is 1. The Morgan fingerprint density at radius 3 is 2.57 bits per heavy atom. The second-order valence-electron chi connectivity index (χ2n) is 6.52. The van der Waals surface area contributed by atoms with Gasteiger partial charge in [0.25, 0.3) is 0 Å². The maximum atomic E-state index is 13.6. The normalized spacial score (nSPS) is 19.0. The van der Waals surface area contributed by atoms with Crippen molar-refractivity contribution < 1.29 is 4.39 Å². The molecule has 2 rings (SSSR count). The number of anilines is 1. The lowest BCUT2D eigenvalue weighted by Gasteiger charge is -2.28. The molecule has 1 aromatic rings. The summed E-state index contributed by atoms with van der Waals surface area (Å²) in [7, 11) is 0. The Hall–Kier alpha value is -1.09. The molecule has 21 heavy (non-hydrogen) atoms. The molecule has 0 amide bonds. The van der Waals surface area contributed by atoms with E-state index in [-0.39, 0.29) is 11.9 Å². The van der Waals surface area contributed by atoms with E-state index in [2.05, 4.69) is 25.7 Å². The molecule has 0 aliphatic carbocycles. The van der Waals surface area contributed by atoms with Gasteiger partial charge in [-0.3, -0.25) is 0 Å². The maximum Gasteiger partial charge on any atom is 0.123 e. The van der Waals surface area contributed by atoms with Crippen LogP contribution >= 0.6 is 0 Å². The first-order chi connectivity index (χ1) is 10.0. The number of hydrogen-bond donors (Lipinski definition) is 1. The van der Waals surface area contributed by atoms with Crippen LogP contribution in [0.3, 0.4) is 0 Å². The Morgan fingerprint density at radius 2 is 2.00 bits per heavy atom. The molecule has 1 aliphatic rings. The summed E-state index contributed by atoms with van der Waals surface area (Å²) in [6, 6.07) is 5.29. The minimum absolute atomic E-state index is 0.107. The van der Waals surface area contributed by atoms with Crippen molar-refractivity contribution in [3.63, 3.8) is 0 Å². The Bertz CT molecular complexity index is 468. The lowest BCUT2D eigenvalue weighted by molar-refractivity contribution is 0.301. The van der Waals surface area contributed by atoms with Gasteiger partial charge in [0.15, 0.2) is 0 Å². The first-order valence-corrected chi connectivity index (χ1v) is 8.32. The second-order valence-corrected chi connectivity index (χ2v) is 6.52. The predicted octanol–water partition coefficient (Wildman–Crippen LogP) is 4.12. The zero-order valence-electron chi connectivity index (χ0n) is 13.7. The molecule has 1 aromatic carbocycles. The van der Waals surface area contributed by atoms with Gasteiger partial charge in [0, 0.05) is 24.8 Å². The summed E-state index contributed by atoms with van der Waals surface area (Å²) in [5, 5.41) is 0. The van der Waals surface area contributed by atoms with E-state index in [1.807, 2.05) is 6.07 Å². The molecule has 2 nitrogen and oxygen atoms in total. The highest BCUT2D eigenvalue weighted by Crippen LogP contribution is 2.40. The van der Waals surface area contributed by atoms with Crippen LogP contribution in [0.2, 0.25) is 0 Å². The third kappa shape index (κ3) is 3.57. The Kier molecular flexibility index (Phi) is 5.26. The van der Waals surface area contributed by atoms with Gasteiger partial charge in [-0.25, -0.2) is 4.39 Å². The molecule has 1 saturated heterocycles. The quantitative estimate of drug-likeness (QED) is 0.854. The maximum absolute atomic E-state index is 13.6. The molecule has 1 fully saturated rings. The van der Waals surface area contributed by atoms with Crippen molar-refractivity contribution in [2.24, 2.45) is 11.1 Å². The average Bonchev–Trinajstić information content (AvgIpc) is 2.92. The zero-order chi connectivity index (χ0) is 15.5. The molecule has 0 spiro atoms. The monoisotopic (exact) mass is 292 g/mol. The van der Waals surface area contributed by atoms with E-state index in [0.717, 1.165) is 31.5 Å². The van der Waals surface area contributed by atoms with Gasteiger partial charge in [-0.15, -0.1) is 0 Å². The van der Waals surface area contributed by atoms with Crippen LogP contribution in [0.4, 0.5) is 10.1 Å². The molecule has 1 heterocycles. The number of nitrogens with two attached hydrogens (primary N) is 1. The SMILES string of the molecule is CCC(N)Cc1cc(F)ccc1N1CCC(CC)(CC)C1. The summed E-state index contributed by atoms with van der Waals surface area (Å²) < 4.78 is 13.6. The van der Waals surface area contributed by atoms with E-state index in [9.17, 15) is 4.39 Å². The van der Waals surface area contributed by atoms with Crippen molar-refractivity contribution in [3.8, 4) is 0 Å². The van der Waals surface area contributed by atoms with Crippen molar-refractivity contribution >= 4 is 5.69 Å². The molecule has 0 aromatic heterocycles. The molecule has 2 N–H and O–H groups in total. The Labute approximate surface area is 128 Å². The highest BCUT2D eigenvalue weighted by atomic mass is 19.1. The minimum atomic E-state index is -0.159. The minimum Gasteiger partial charge on any atom is -0.371 e. The summed E-state index contributed by atoms with van der Waals surface area (Å²) in [5.41, 5.74) is 8.76. The average molecular weight is 292 g/mol. The van der Waals surface area contributed by atoms with E-state index < -0.39 is 0 Å². The summed E-state index contributed by atoms with van der Waals surface area (Å²) >= 11 is 0. The molecule has 1 unspecified atom stereocenters. The Balaban J connectivity index is 2.24. The van der Waals surface area contributed by atoms with Crippen LogP contribution in [0, 0.1) is 11.2 Å². The lowest BCUT2D eigenvalue weighted by atomic mass is 9.82. The number of hydrogen-bond acceptors (Lipinski definition) is 2. The van der Waals surface area contributed by atoms with Crippen LogP contribution in [0.25, 0.3) is 0 Å². The van der Waals surface area contributed by atoms with Crippen LogP contribution in [-0.4, -0.2) is 19.1 Å². The molecule has 0 bridgehead atoms. The third-order valence-electron chi connectivity index (χ3n) is 5.33. The van der Waals surface area contributed by atoms with Crippen LogP contribution in [0.5, 0.6) is 0 Å². The standard InChI is InChI=1S/C18H29FN2/c1-4-16(20)12-14-11-15(19)7-8-17(14)21-10-9-18(5-2,6-3)13-21/h7-8,11,16H,4-6,9-10,12-13,20H2,1-3H3. The first-order valence-electron chi connectivity index (χ1n) is 8.32. The van der Waals surface area contributed by atoms with E-state index in [1.165, 1.54) is 24.9 Å². The van der Waals surface area contributed by atoms with Gasteiger partial charge in [-0.2, -0.15) is 0 Å². The smallest absolute Gasteiger partial charge is 0.123 e. The van der Waals surface area contributed by atoms with Gasteiger partial charge in [-0.05, 0) is 61.3 Å². The molecule has 0 radical (unpaired) electrons. The fraction of sp³-hybridized carbons (Fsp3) is 0.667. The van der Waals surface area contributed by atoms with Crippen LogP contribution in [0.1, 0.15) is 52.0 Å². The van der Waals surface area contributed by atoms with Crippen molar-refractivity contribution in [2.75, 3.05) is 18.0 Å². The van der Waals surface area contributed by atoms with Crippen LogP contribution < -0.4 is 10.6 Å². The summed E-state index contributed by atoms with van der Waals surface area (Å²) in [6.07, 6.45) is 5.34. The molecule has 1 aliphatic heterocycles.